The van der Waals surface area contributed by atoms with Gasteiger partial charge in [0.2, 0.25) is 17.7 Å². The van der Waals surface area contributed by atoms with Gasteiger partial charge in [-0.3, -0.25) is 19.4 Å². The van der Waals surface area contributed by atoms with Gasteiger partial charge in [-0.25, -0.2) is 4.79 Å². The molecule has 3 amide bonds. The van der Waals surface area contributed by atoms with Crippen molar-refractivity contribution in [2.75, 3.05) is 18.6 Å². The lowest BCUT2D eigenvalue weighted by Gasteiger charge is -2.26. The van der Waals surface area contributed by atoms with Crippen LogP contribution < -0.4 is 33.2 Å². The maximum atomic E-state index is 13.4. The summed E-state index contributed by atoms with van der Waals surface area (Å²) in [4.78, 5) is 54.6. The van der Waals surface area contributed by atoms with Gasteiger partial charge in [0.15, 0.2) is 5.96 Å². The number of aliphatic imine (C=N–C) groups is 1. The summed E-state index contributed by atoms with van der Waals surface area (Å²) in [5.74, 6) is -2.91. The summed E-state index contributed by atoms with van der Waals surface area (Å²) < 4.78 is 0. The number of nitrogens with zero attached hydrogens (tertiary/aromatic N) is 1. The van der Waals surface area contributed by atoms with Gasteiger partial charge >= 0.3 is 5.97 Å². The lowest BCUT2D eigenvalue weighted by molar-refractivity contribution is -0.143. The van der Waals surface area contributed by atoms with Gasteiger partial charge in [-0.1, -0.05) is 26.0 Å². The van der Waals surface area contributed by atoms with Crippen LogP contribution in [0.4, 0.5) is 0 Å². The van der Waals surface area contributed by atoms with Crippen LogP contribution in [-0.4, -0.2) is 82.6 Å². The predicted molar refractivity (Wildman–Crippen MR) is 151 cm³/mol. The van der Waals surface area contributed by atoms with Gasteiger partial charge in [0.1, 0.15) is 23.9 Å². The van der Waals surface area contributed by atoms with Gasteiger partial charge in [0.25, 0.3) is 0 Å². The molecule has 0 radical (unpaired) electrons. The van der Waals surface area contributed by atoms with E-state index in [4.69, 9.17) is 17.2 Å². The summed E-state index contributed by atoms with van der Waals surface area (Å²) in [5.41, 5.74) is 17.2. The maximum absolute atomic E-state index is 13.4. The van der Waals surface area contributed by atoms with Gasteiger partial charge in [-0.2, -0.15) is 11.8 Å². The third-order valence-electron chi connectivity index (χ3n) is 5.79. The average molecular weight is 568 g/mol. The van der Waals surface area contributed by atoms with E-state index < -0.39 is 47.9 Å². The first-order chi connectivity index (χ1) is 18.3. The van der Waals surface area contributed by atoms with Crippen LogP contribution >= 0.6 is 11.8 Å². The molecule has 0 fully saturated rings. The number of benzene rings is 1. The van der Waals surface area contributed by atoms with Crippen molar-refractivity contribution in [2.45, 2.75) is 63.7 Å². The Morgan fingerprint density at radius 3 is 2.08 bits per heavy atom. The van der Waals surface area contributed by atoms with E-state index >= 15 is 0 Å². The van der Waals surface area contributed by atoms with Crippen molar-refractivity contribution in [1.82, 2.24) is 16.0 Å². The van der Waals surface area contributed by atoms with Gasteiger partial charge in [0, 0.05) is 13.0 Å². The summed E-state index contributed by atoms with van der Waals surface area (Å²) in [6.45, 7) is 3.62. The van der Waals surface area contributed by atoms with Crippen LogP contribution in [0, 0.1) is 5.92 Å². The monoisotopic (exact) mass is 567 g/mol. The highest BCUT2D eigenvalue weighted by atomic mass is 32.2. The zero-order valence-electron chi connectivity index (χ0n) is 22.6. The molecule has 0 aliphatic rings. The molecule has 0 saturated carbocycles. The Bertz CT molecular complexity index is 986. The van der Waals surface area contributed by atoms with E-state index in [1.165, 1.54) is 23.9 Å². The number of nitrogens with two attached hydrogens (primary N) is 3. The fourth-order valence-electron chi connectivity index (χ4n) is 3.55. The van der Waals surface area contributed by atoms with E-state index in [1.54, 1.807) is 26.0 Å². The lowest BCUT2D eigenvalue weighted by Crippen LogP contribution is -2.58. The van der Waals surface area contributed by atoms with Gasteiger partial charge < -0.3 is 43.4 Å². The Morgan fingerprint density at radius 2 is 1.54 bits per heavy atom. The number of amides is 3. The van der Waals surface area contributed by atoms with Crippen molar-refractivity contribution in [3.05, 3.63) is 29.8 Å². The van der Waals surface area contributed by atoms with E-state index in [9.17, 15) is 29.4 Å². The van der Waals surface area contributed by atoms with Crippen molar-refractivity contribution in [1.29, 1.82) is 0 Å². The molecule has 0 heterocycles. The highest BCUT2D eigenvalue weighted by Crippen LogP contribution is 2.13. The number of aromatic hydroxyl groups is 1. The standard InChI is InChI=1S/C25H41N7O6S/c1-14(2)20(24(37)38)32-22(35)18(10-12-39-3)30-23(36)19(13-15-6-8-16(33)9-7-15)31-21(34)17(26)5-4-11-29-25(27)28/h6-9,14,17-20,33H,4-5,10-13,26H2,1-3H3,(H,30,36)(H,31,34)(H,32,35)(H,37,38)(H4,27,28,29). The first-order valence-electron chi connectivity index (χ1n) is 12.6. The van der Waals surface area contributed by atoms with Crippen molar-refractivity contribution in [2.24, 2.45) is 28.1 Å². The molecule has 0 spiro atoms. The van der Waals surface area contributed by atoms with Crippen LogP contribution in [0.15, 0.2) is 29.3 Å². The summed E-state index contributed by atoms with van der Waals surface area (Å²) >= 11 is 1.46. The van der Waals surface area contributed by atoms with Crippen molar-refractivity contribution < 1.29 is 29.4 Å². The minimum absolute atomic E-state index is 0.0403. The topological polar surface area (TPSA) is 235 Å². The van der Waals surface area contributed by atoms with Crippen LogP contribution in [0.5, 0.6) is 5.75 Å². The molecule has 4 atom stereocenters. The first-order valence-corrected chi connectivity index (χ1v) is 14.0. The third kappa shape index (κ3) is 12.7. The highest BCUT2D eigenvalue weighted by molar-refractivity contribution is 7.98. The minimum atomic E-state index is -1.18. The summed E-state index contributed by atoms with van der Waals surface area (Å²) in [7, 11) is 0. The second-order valence-electron chi connectivity index (χ2n) is 9.40. The van der Waals surface area contributed by atoms with E-state index in [2.05, 4.69) is 20.9 Å². The number of nitrogens with one attached hydrogen (secondary N) is 3. The number of carboxylic acid groups (broad SMARTS) is 1. The first kappa shape index (κ1) is 33.5. The van der Waals surface area contributed by atoms with Crippen molar-refractivity contribution >= 4 is 41.4 Å². The van der Waals surface area contributed by atoms with Crippen LogP contribution in [0.1, 0.15) is 38.7 Å². The molecule has 4 unspecified atom stereocenters. The smallest absolute Gasteiger partial charge is 0.326 e. The minimum Gasteiger partial charge on any atom is -0.508 e. The molecule has 39 heavy (non-hydrogen) atoms. The molecule has 1 aromatic carbocycles. The second kappa shape index (κ2) is 17.1. The van der Waals surface area contributed by atoms with Gasteiger partial charge in [0.05, 0.1) is 6.04 Å². The number of carbonyl (C=O) groups is 4. The average Bonchev–Trinajstić information content (AvgIpc) is 2.87. The Balaban J connectivity index is 3.07. The highest BCUT2D eigenvalue weighted by Gasteiger charge is 2.31. The van der Waals surface area contributed by atoms with E-state index in [0.29, 0.717) is 24.3 Å². The largest absolute Gasteiger partial charge is 0.508 e. The van der Waals surface area contributed by atoms with E-state index in [0.717, 1.165) is 0 Å². The molecule has 0 saturated heterocycles. The number of thioether (sulfide) groups is 1. The molecule has 11 N–H and O–H groups in total. The Kier molecular flexibility index (Phi) is 14.7. The van der Waals surface area contributed by atoms with Crippen LogP contribution in [0.3, 0.4) is 0 Å². The Hall–Kier alpha value is -3.52. The zero-order chi connectivity index (χ0) is 29.5. The molecule has 0 aliphatic heterocycles. The quantitative estimate of drug-likeness (QED) is 0.0667. The lowest BCUT2D eigenvalue weighted by atomic mass is 10.0. The van der Waals surface area contributed by atoms with Crippen LogP contribution in [0.2, 0.25) is 0 Å². The van der Waals surface area contributed by atoms with Gasteiger partial charge in [-0.05, 0) is 54.9 Å². The predicted octanol–water partition coefficient (Wildman–Crippen LogP) is -0.736. The fourth-order valence-corrected chi connectivity index (χ4v) is 4.02. The number of hydrogen-bond donors (Lipinski definition) is 8. The number of hydrogen-bond acceptors (Lipinski definition) is 8. The molecule has 0 aromatic heterocycles. The molecule has 13 nitrogen and oxygen atoms in total. The summed E-state index contributed by atoms with van der Waals surface area (Å²) in [6, 6.07) is 1.92. The van der Waals surface area contributed by atoms with Crippen molar-refractivity contribution in [3.8, 4) is 5.75 Å². The molecular weight excluding hydrogens is 526 g/mol. The van der Waals surface area contributed by atoms with Crippen LogP contribution in [0.25, 0.3) is 0 Å². The van der Waals surface area contributed by atoms with E-state index in [1.807, 2.05) is 6.26 Å². The van der Waals surface area contributed by atoms with Crippen molar-refractivity contribution in [3.63, 3.8) is 0 Å². The number of aliphatic carboxylic acids is 1. The van der Waals surface area contributed by atoms with Gasteiger partial charge in [-0.15, -0.1) is 0 Å². The number of carbonyl (C=O) groups excluding carboxylic acids is 3. The molecule has 1 aromatic rings. The molecule has 14 heteroatoms. The van der Waals surface area contributed by atoms with Crippen LogP contribution in [-0.2, 0) is 25.6 Å². The SMILES string of the molecule is CSCCC(NC(=O)C(Cc1ccc(O)cc1)NC(=O)C(N)CCCN=C(N)N)C(=O)NC(C(=O)O)C(C)C. The van der Waals surface area contributed by atoms with E-state index in [-0.39, 0.29) is 36.9 Å². The summed E-state index contributed by atoms with van der Waals surface area (Å²) in [5, 5.41) is 26.9. The molecule has 0 aliphatic carbocycles. The number of carboxylic acids is 1. The molecule has 0 bridgehead atoms. The maximum Gasteiger partial charge on any atom is 0.326 e. The zero-order valence-corrected chi connectivity index (χ0v) is 23.4. The Labute approximate surface area is 232 Å². The Morgan fingerprint density at radius 1 is 0.949 bits per heavy atom. The molecule has 218 valence electrons. The number of phenols is 1. The molecular formula is C25H41N7O6S. The fraction of sp³-hybridized carbons (Fsp3) is 0.560. The second-order valence-corrected chi connectivity index (χ2v) is 10.4. The number of phenolic OH excluding ortho intramolecular Hbond substituents is 1. The number of rotatable bonds is 17. The summed E-state index contributed by atoms with van der Waals surface area (Å²) in [6.07, 6.45) is 2.85. The third-order valence-corrected chi connectivity index (χ3v) is 6.43. The normalized spacial score (nSPS) is 14.0. The molecule has 1 rings (SSSR count). The number of guanidine groups is 1.